The van der Waals surface area contributed by atoms with Gasteiger partial charge in [0.05, 0.1) is 116 Å². The average Bonchev–Trinajstić information content (AvgIpc) is 3.16. The predicted molar refractivity (Wildman–Crippen MR) is 194 cm³/mol. The Hall–Kier alpha value is -3.25. The smallest absolute Gasteiger partial charge is 0.407 e. The second-order valence-corrected chi connectivity index (χ2v) is 12.2. The van der Waals surface area contributed by atoms with E-state index in [4.69, 9.17) is 42.6 Å². The Labute approximate surface area is 311 Å². The van der Waals surface area contributed by atoms with Crippen LogP contribution < -0.4 is 10.1 Å². The summed E-state index contributed by atoms with van der Waals surface area (Å²) in [6.45, 7) is 10.5. The van der Waals surface area contributed by atoms with E-state index >= 15 is 0 Å². The molecule has 16 nitrogen and oxygen atoms in total. The van der Waals surface area contributed by atoms with Crippen molar-refractivity contribution in [3.8, 4) is 5.75 Å². The van der Waals surface area contributed by atoms with Crippen LogP contribution in [0.15, 0.2) is 48.5 Å². The molecule has 1 unspecified atom stereocenters. The van der Waals surface area contributed by atoms with Crippen molar-refractivity contribution in [3.63, 3.8) is 0 Å². The van der Waals surface area contributed by atoms with Gasteiger partial charge in [-0.15, -0.1) is 0 Å². The minimum absolute atomic E-state index is 0.00437. The lowest BCUT2D eigenvalue weighted by molar-refractivity contribution is -0.385. The summed E-state index contributed by atoms with van der Waals surface area (Å²) in [5.41, 5.74) is 0.982. The number of nitrogens with one attached hydrogen (secondary N) is 1. The molecule has 0 heterocycles. The molecular weight excluding hydrogens is 722 g/mol. The minimum atomic E-state index is -4.05. The zero-order valence-corrected chi connectivity index (χ0v) is 31.9. The summed E-state index contributed by atoms with van der Waals surface area (Å²) in [6, 6.07) is 13.8. The fourth-order valence-corrected chi connectivity index (χ4v) is 4.82. The van der Waals surface area contributed by atoms with Crippen LogP contribution in [0.25, 0.3) is 0 Å². The molecule has 0 bridgehead atoms. The first-order valence-corrected chi connectivity index (χ1v) is 19.3. The number of carbonyl (C=O) groups excluding carboxylic acids is 1. The normalized spacial score (nSPS) is 12.0. The molecule has 0 spiro atoms. The molecular formula is C35H56FN2O14P. The quantitative estimate of drug-likeness (QED) is 0.0411. The Balaban J connectivity index is 0.00000690. The second kappa shape index (κ2) is 32.2. The van der Waals surface area contributed by atoms with Crippen LogP contribution in [0.2, 0.25) is 0 Å². The molecule has 1 amide bonds. The number of nitro groups is 1. The lowest BCUT2D eigenvalue weighted by atomic mass is 10.2. The second-order valence-electron chi connectivity index (χ2n) is 10.3. The molecule has 0 fully saturated rings. The van der Waals surface area contributed by atoms with Crippen LogP contribution in [0.1, 0.15) is 31.9 Å². The molecule has 1 atom stereocenters. The van der Waals surface area contributed by atoms with E-state index in [1.807, 2.05) is 44.2 Å². The van der Waals surface area contributed by atoms with Crippen LogP contribution in [0.4, 0.5) is 14.7 Å². The third-order valence-corrected chi connectivity index (χ3v) is 7.79. The van der Waals surface area contributed by atoms with Gasteiger partial charge in [-0.2, -0.15) is 4.20 Å². The van der Waals surface area contributed by atoms with Gasteiger partial charge in [0.2, 0.25) is 0 Å². The van der Waals surface area contributed by atoms with Crippen molar-refractivity contribution < 1.29 is 65.6 Å². The third-order valence-electron chi connectivity index (χ3n) is 6.43. The molecule has 0 saturated heterocycles. The summed E-state index contributed by atoms with van der Waals surface area (Å²) in [4.78, 5) is 23.0. The van der Waals surface area contributed by atoms with Gasteiger partial charge in [-0.1, -0.05) is 44.2 Å². The van der Waals surface area contributed by atoms with E-state index in [0.717, 1.165) is 5.56 Å². The fraction of sp³-hybridized carbons (Fsp3) is 0.629. The highest BCUT2D eigenvalue weighted by atomic mass is 31.2. The van der Waals surface area contributed by atoms with E-state index < -0.39 is 18.7 Å². The van der Waals surface area contributed by atoms with E-state index in [0.29, 0.717) is 85.0 Å². The maximum absolute atomic E-state index is 13.3. The van der Waals surface area contributed by atoms with Crippen LogP contribution in [-0.2, 0) is 60.2 Å². The predicted octanol–water partition coefficient (Wildman–Crippen LogP) is 5.74. The van der Waals surface area contributed by atoms with Crippen molar-refractivity contribution in [3.05, 3.63) is 69.8 Å². The Kier molecular flexibility index (Phi) is 29.0. The number of alkyl carbamates (subject to hydrolysis) is 1. The largest absolute Gasteiger partial charge is 0.489 e. The first kappa shape index (κ1) is 47.8. The number of rotatable bonds is 32. The Morgan fingerprint density at radius 3 is 1.72 bits per heavy atom. The van der Waals surface area contributed by atoms with Gasteiger partial charge in [-0.25, -0.2) is 4.79 Å². The lowest BCUT2D eigenvalue weighted by Crippen LogP contribution is -2.28. The van der Waals surface area contributed by atoms with Crippen LogP contribution in [0.5, 0.6) is 5.75 Å². The highest BCUT2D eigenvalue weighted by Gasteiger charge is 2.20. The monoisotopic (exact) mass is 778 g/mol. The van der Waals surface area contributed by atoms with Gasteiger partial charge in [0.1, 0.15) is 19.0 Å². The maximum atomic E-state index is 13.3. The third kappa shape index (κ3) is 26.2. The number of nitrogens with zero attached hydrogens (tertiary/aromatic N) is 1. The van der Waals surface area contributed by atoms with Crippen LogP contribution in [0.3, 0.4) is 0 Å². The number of amides is 1. The Morgan fingerprint density at radius 2 is 1.23 bits per heavy atom. The summed E-state index contributed by atoms with van der Waals surface area (Å²) in [5.74, 6) is 0.422. The van der Waals surface area contributed by atoms with E-state index in [-0.39, 0.29) is 57.0 Å². The van der Waals surface area contributed by atoms with Crippen LogP contribution in [-0.4, -0.2) is 123 Å². The number of ether oxygens (including phenoxy) is 9. The standard InChI is InChI=1S/C33H50FN2O14P.C2H6/c1-2-50-51(34,40)25-24-47-23-22-46-21-20-45-19-18-44-17-16-43-15-14-42-13-12-41-11-10-35-33(37)49-28-30-26-31(8-9-32(30)36(38)39)48-27-29-6-4-3-5-7-29;1-2/h3-9,26H,2,10-25,27-28H2,1H3,(H,35,37);1-2H3. The first-order valence-electron chi connectivity index (χ1n) is 17.6. The summed E-state index contributed by atoms with van der Waals surface area (Å²) >= 11 is 0. The van der Waals surface area contributed by atoms with Crippen molar-refractivity contribution in [1.29, 1.82) is 0 Å². The zero-order valence-electron chi connectivity index (χ0n) is 31.0. The van der Waals surface area contributed by atoms with Crippen LogP contribution >= 0.6 is 7.68 Å². The molecule has 2 rings (SSSR count). The number of halogens is 1. The van der Waals surface area contributed by atoms with E-state index in [9.17, 15) is 23.7 Å². The molecule has 0 aliphatic heterocycles. The van der Waals surface area contributed by atoms with Gasteiger partial charge in [-0.05, 0) is 24.6 Å². The van der Waals surface area contributed by atoms with E-state index in [1.165, 1.54) is 18.2 Å². The van der Waals surface area contributed by atoms with E-state index in [2.05, 4.69) is 9.84 Å². The fourth-order valence-electron chi connectivity index (χ4n) is 3.96. The number of carbonyl (C=O) groups is 1. The number of hydrogen-bond acceptors (Lipinski definition) is 14. The molecule has 0 aliphatic carbocycles. The van der Waals surface area contributed by atoms with Crippen molar-refractivity contribution in [1.82, 2.24) is 5.32 Å². The summed E-state index contributed by atoms with van der Waals surface area (Å²) < 4.78 is 77.6. The Morgan fingerprint density at radius 1 is 0.736 bits per heavy atom. The highest BCUT2D eigenvalue weighted by Crippen LogP contribution is 2.47. The minimum Gasteiger partial charge on any atom is -0.489 e. The SMILES string of the molecule is CC.CCOP(=O)(F)CCOCCOCCOCCOCCOCCOCCOCCNC(=O)OCc1cc(OCc2ccccc2)ccc1[N+](=O)[O-]. The van der Waals surface area contributed by atoms with Gasteiger partial charge >= 0.3 is 13.8 Å². The molecule has 1 N–H and O–H groups in total. The molecule has 2 aromatic carbocycles. The number of nitro benzene ring substituents is 1. The molecule has 18 heteroatoms. The summed E-state index contributed by atoms with van der Waals surface area (Å²) in [6.07, 6.45) is -1.00. The molecule has 0 saturated carbocycles. The van der Waals surface area contributed by atoms with E-state index in [1.54, 1.807) is 6.92 Å². The van der Waals surface area contributed by atoms with Crippen molar-refractivity contribution >= 4 is 19.5 Å². The lowest BCUT2D eigenvalue weighted by Gasteiger charge is -2.11. The van der Waals surface area contributed by atoms with Gasteiger partial charge in [-0.3, -0.25) is 14.7 Å². The number of benzene rings is 2. The summed E-state index contributed by atoms with van der Waals surface area (Å²) in [7, 11) is -4.05. The topological polar surface area (TPSA) is 182 Å². The van der Waals surface area contributed by atoms with Gasteiger partial charge < -0.3 is 52.5 Å². The summed E-state index contributed by atoms with van der Waals surface area (Å²) in [5, 5.41) is 14.0. The van der Waals surface area contributed by atoms with Gasteiger partial charge in [0, 0.05) is 12.6 Å². The van der Waals surface area contributed by atoms with Crippen LogP contribution in [0, 0.1) is 10.1 Å². The Bertz CT molecular complexity index is 1260. The molecule has 302 valence electrons. The maximum Gasteiger partial charge on any atom is 0.407 e. The van der Waals surface area contributed by atoms with Gasteiger partial charge in [0.15, 0.2) is 0 Å². The number of hydrogen-bond donors (Lipinski definition) is 1. The average molecular weight is 779 g/mol. The van der Waals surface area contributed by atoms with Crippen molar-refractivity contribution in [2.24, 2.45) is 0 Å². The molecule has 2 aromatic rings. The highest BCUT2D eigenvalue weighted by molar-refractivity contribution is 7.53. The van der Waals surface area contributed by atoms with Crippen molar-refractivity contribution in [2.45, 2.75) is 34.0 Å². The first-order chi connectivity index (χ1) is 25.8. The molecule has 0 aliphatic rings. The van der Waals surface area contributed by atoms with Crippen molar-refractivity contribution in [2.75, 3.05) is 112 Å². The van der Waals surface area contributed by atoms with Gasteiger partial charge in [0.25, 0.3) is 5.69 Å². The molecule has 53 heavy (non-hydrogen) atoms. The molecule has 0 radical (unpaired) electrons. The zero-order chi connectivity index (χ0) is 38.8. The molecule has 0 aromatic heterocycles.